The molecule has 0 radical (unpaired) electrons. The highest BCUT2D eigenvalue weighted by Gasteiger charge is 2.34. The Morgan fingerprint density at radius 2 is 1.40 bits per heavy atom. The summed E-state index contributed by atoms with van der Waals surface area (Å²) in [6.07, 6.45) is 3.70. The van der Waals surface area contributed by atoms with Gasteiger partial charge in [-0.1, -0.05) is 84.9 Å². The normalized spacial score (nSPS) is 15.0. The van der Waals surface area contributed by atoms with Crippen LogP contribution in [0, 0.1) is 5.92 Å². The summed E-state index contributed by atoms with van der Waals surface area (Å²) in [4.78, 5) is 43.0. The highest BCUT2D eigenvalue weighted by atomic mass is 16.2. The predicted octanol–water partition coefficient (Wildman–Crippen LogP) is 3.94. The predicted molar refractivity (Wildman–Crippen MR) is 181 cm³/mol. The van der Waals surface area contributed by atoms with Crippen LogP contribution in [0.15, 0.2) is 84.9 Å². The van der Waals surface area contributed by atoms with Gasteiger partial charge in [0.05, 0.1) is 0 Å². The summed E-state index contributed by atoms with van der Waals surface area (Å²) in [6, 6.07) is 26.9. The van der Waals surface area contributed by atoms with Gasteiger partial charge in [0.1, 0.15) is 12.1 Å². The molecule has 8 heteroatoms. The maximum Gasteiger partial charge on any atom is 0.245 e. The van der Waals surface area contributed by atoms with Gasteiger partial charge in [-0.2, -0.15) is 0 Å². The molecule has 1 saturated heterocycles. The number of rotatable bonds is 13. The third kappa shape index (κ3) is 8.47. The van der Waals surface area contributed by atoms with E-state index in [4.69, 9.17) is 5.73 Å². The van der Waals surface area contributed by atoms with Crippen LogP contribution in [0.1, 0.15) is 36.8 Å². The zero-order valence-corrected chi connectivity index (χ0v) is 26.1. The Labute approximate surface area is 265 Å². The SMILES string of the molecule is CN(C(=O)[C@@H](Cc1ccc2ccccc2c1)NC(=O)C1CCNCC1)[C@H](Cc1ccc2ccccc2c1)C(=O)NCCCCN. The molecule has 8 nitrogen and oxygen atoms in total. The number of carbonyl (C=O) groups excluding carboxylic acids is 3. The molecule has 5 N–H and O–H groups in total. The van der Waals surface area contributed by atoms with Gasteiger partial charge < -0.3 is 26.6 Å². The van der Waals surface area contributed by atoms with E-state index in [9.17, 15) is 14.4 Å². The topological polar surface area (TPSA) is 117 Å². The maximum absolute atomic E-state index is 14.4. The fourth-order valence-electron chi connectivity index (χ4n) is 6.17. The van der Waals surface area contributed by atoms with E-state index in [1.165, 1.54) is 4.90 Å². The van der Waals surface area contributed by atoms with Gasteiger partial charge in [0.2, 0.25) is 17.7 Å². The lowest BCUT2D eigenvalue weighted by molar-refractivity contribution is -0.142. The highest BCUT2D eigenvalue weighted by molar-refractivity contribution is 5.93. The highest BCUT2D eigenvalue weighted by Crippen LogP contribution is 2.21. The van der Waals surface area contributed by atoms with E-state index in [1.54, 1.807) is 7.05 Å². The van der Waals surface area contributed by atoms with Gasteiger partial charge in [-0.05, 0) is 78.0 Å². The van der Waals surface area contributed by atoms with Gasteiger partial charge in [-0.3, -0.25) is 14.4 Å². The molecule has 1 aliphatic heterocycles. The summed E-state index contributed by atoms with van der Waals surface area (Å²) in [6.45, 7) is 2.60. The van der Waals surface area contributed by atoms with Crippen LogP contribution in [0.25, 0.3) is 21.5 Å². The first-order chi connectivity index (χ1) is 21.9. The number of nitrogens with two attached hydrogens (primary N) is 1. The number of fused-ring (bicyclic) bond motifs is 2. The quantitative estimate of drug-likeness (QED) is 0.172. The number of hydrogen-bond donors (Lipinski definition) is 4. The average Bonchev–Trinajstić information content (AvgIpc) is 3.08. The zero-order chi connectivity index (χ0) is 31.6. The minimum Gasteiger partial charge on any atom is -0.354 e. The lowest BCUT2D eigenvalue weighted by Gasteiger charge is -2.32. The Kier molecular flexibility index (Phi) is 11.2. The van der Waals surface area contributed by atoms with Crippen molar-refractivity contribution >= 4 is 39.3 Å². The minimum atomic E-state index is -0.817. The Morgan fingerprint density at radius 3 is 2.00 bits per heavy atom. The second kappa shape index (κ2) is 15.6. The van der Waals surface area contributed by atoms with Gasteiger partial charge in [0.25, 0.3) is 0 Å². The molecule has 0 saturated carbocycles. The second-order valence-electron chi connectivity index (χ2n) is 12.1. The molecule has 236 valence electrons. The van der Waals surface area contributed by atoms with Crippen molar-refractivity contribution in [2.24, 2.45) is 11.7 Å². The van der Waals surface area contributed by atoms with Gasteiger partial charge in [0, 0.05) is 32.4 Å². The molecule has 4 aromatic carbocycles. The van der Waals surface area contributed by atoms with Crippen molar-refractivity contribution in [3.8, 4) is 0 Å². The van der Waals surface area contributed by atoms with E-state index in [0.717, 1.165) is 71.4 Å². The van der Waals surface area contributed by atoms with E-state index in [2.05, 4.69) is 40.2 Å². The van der Waals surface area contributed by atoms with E-state index in [0.29, 0.717) is 25.9 Å². The van der Waals surface area contributed by atoms with E-state index < -0.39 is 12.1 Å². The number of likely N-dealkylation sites (N-methyl/N-ethyl adjacent to an activating group) is 1. The summed E-state index contributed by atoms with van der Waals surface area (Å²) in [5, 5.41) is 13.8. The molecule has 0 aromatic heterocycles. The summed E-state index contributed by atoms with van der Waals surface area (Å²) in [7, 11) is 1.68. The third-order valence-electron chi connectivity index (χ3n) is 8.87. The first kappa shape index (κ1) is 32.1. The summed E-state index contributed by atoms with van der Waals surface area (Å²) in [5.41, 5.74) is 7.56. The van der Waals surface area contributed by atoms with Crippen LogP contribution in [-0.4, -0.2) is 67.9 Å². The van der Waals surface area contributed by atoms with Crippen molar-refractivity contribution in [2.45, 2.75) is 50.6 Å². The molecule has 45 heavy (non-hydrogen) atoms. The molecule has 3 amide bonds. The molecule has 2 atom stereocenters. The lowest BCUT2D eigenvalue weighted by atomic mass is 9.95. The molecular weight excluding hydrogens is 562 g/mol. The van der Waals surface area contributed by atoms with Crippen molar-refractivity contribution in [3.05, 3.63) is 96.1 Å². The molecule has 1 heterocycles. The zero-order valence-electron chi connectivity index (χ0n) is 26.1. The molecule has 0 aliphatic carbocycles. The lowest BCUT2D eigenvalue weighted by Crippen LogP contribution is -2.56. The van der Waals surface area contributed by atoms with E-state index in [1.807, 2.05) is 60.7 Å². The Morgan fingerprint density at radius 1 is 0.822 bits per heavy atom. The first-order valence-corrected chi connectivity index (χ1v) is 16.1. The molecule has 4 aromatic rings. The van der Waals surface area contributed by atoms with Crippen molar-refractivity contribution in [1.29, 1.82) is 0 Å². The molecule has 0 unspecified atom stereocenters. The second-order valence-corrected chi connectivity index (χ2v) is 12.1. The Hall–Kier alpha value is -4.27. The first-order valence-electron chi connectivity index (χ1n) is 16.1. The molecule has 5 rings (SSSR count). The number of hydrogen-bond acceptors (Lipinski definition) is 5. The summed E-state index contributed by atoms with van der Waals surface area (Å²) >= 11 is 0. The van der Waals surface area contributed by atoms with Crippen molar-refractivity contribution in [2.75, 3.05) is 33.2 Å². The maximum atomic E-state index is 14.4. The van der Waals surface area contributed by atoms with Crippen molar-refractivity contribution in [3.63, 3.8) is 0 Å². The molecule has 1 fully saturated rings. The van der Waals surface area contributed by atoms with Gasteiger partial charge in [-0.15, -0.1) is 0 Å². The van der Waals surface area contributed by atoms with Crippen LogP contribution in [0.2, 0.25) is 0 Å². The van der Waals surface area contributed by atoms with Crippen molar-refractivity contribution < 1.29 is 14.4 Å². The number of carbonyl (C=O) groups is 3. The summed E-state index contributed by atoms with van der Waals surface area (Å²) in [5.74, 6) is -0.762. The van der Waals surface area contributed by atoms with E-state index >= 15 is 0 Å². The van der Waals surface area contributed by atoms with Crippen molar-refractivity contribution in [1.82, 2.24) is 20.9 Å². The average molecular weight is 608 g/mol. The number of nitrogens with zero attached hydrogens (tertiary/aromatic N) is 1. The van der Waals surface area contributed by atoms with Crippen LogP contribution in [0.4, 0.5) is 0 Å². The standard InChI is InChI=1S/C37H45N5O3/c1-42(34(36(44)40-19-7-6-18-38)25-27-13-15-29-9-3-5-11-32(29)23-27)37(45)33(41-35(43)30-16-20-39-21-17-30)24-26-12-14-28-8-2-4-10-31(28)22-26/h2-5,8-15,22-23,30,33-34,39H,6-7,16-21,24-25,38H2,1H3,(H,40,44)(H,41,43)/t33-,34-/m1/s1. The third-order valence-corrected chi connectivity index (χ3v) is 8.87. The fraction of sp³-hybridized carbons (Fsp3) is 0.378. The van der Waals surface area contributed by atoms with Crippen LogP contribution in [0.3, 0.4) is 0 Å². The van der Waals surface area contributed by atoms with Crippen LogP contribution < -0.4 is 21.7 Å². The van der Waals surface area contributed by atoms with Gasteiger partial charge in [0.15, 0.2) is 0 Å². The molecule has 0 bridgehead atoms. The van der Waals surface area contributed by atoms with Crippen LogP contribution >= 0.6 is 0 Å². The fourth-order valence-corrected chi connectivity index (χ4v) is 6.17. The minimum absolute atomic E-state index is 0.110. The van der Waals surface area contributed by atoms with Crippen LogP contribution in [-0.2, 0) is 27.2 Å². The van der Waals surface area contributed by atoms with E-state index in [-0.39, 0.29) is 23.6 Å². The van der Waals surface area contributed by atoms with Crippen LogP contribution in [0.5, 0.6) is 0 Å². The smallest absolute Gasteiger partial charge is 0.245 e. The Balaban J connectivity index is 1.41. The number of amides is 3. The number of benzene rings is 4. The number of unbranched alkanes of at least 4 members (excludes halogenated alkanes) is 1. The molecular formula is C37H45N5O3. The van der Waals surface area contributed by atoms with Gasteiger partial charge >= 0.3 is 0 Å². The largest absolute Gasteiger partial charge is 0.354 e. The number of nitrogens with one attached hydrogen (secondary N) is 3. The van der Waals surface area contributed by atoms with Gasteiger partial charge in [-0.25, -0.2) is 0 Å². The molecule has 0 spiro atoms. The number of piperidine rings is 1. The summed E-state index contributed by atoms with van der Waals surface area (Å²) < 4.78 is 0. The Bertz CT molecular complexity index is 1620. The molecule has 1 aliphatic rings. The monoisotopic (exact) mass is 607 g/mol.